The van der Waals surface area contributed by atoms with Gasteiger partial charge in [-0.2, -0.15) is 0 Å². The predicted octanol–water partition coefficient (Wildman–Crippen LogP) is 3.17. The largest absolute Gasteiger partial charge is 0.497 e. The summed E-state index contributed by atoms with van der Waals surface area (Å²) >= 11 is 0. The third kappa shape index (κ3) is 5.83. The Labute approximate surface area is 168 Å². The van der Waals surface area contributed by atoms with Crippen molar-refractivity contribution >= 4 is 12.1 Å². The van der Waals surface area contributed by atoms with Gasteiger partial charge in [0, 0.05) is 11.6 Å². The van der Waals surface area contributed by atoms with Gasteiger partial charge in [0.2, 0.25) is 0 Å². The molecule has 2 aromatic carbocycles. The number of nitrogens with zero attached hydrogens (tertiary/aromatic N) is 2. The molecule has 150 valence electrons. The van der Waals surface area contributed by atoms with Gasteiger partial charge in [-0.05, 0) is 54.1 Å². The Balaban J connectivity index is 1.47. The molecule has 3 aromatic rings. The van der Waals surface area contributed by atoms with Gasteiger partial charge in [0.25, 0.3) is 5.91 Å². The summed E-state index contributed by atoms with van der Waals surface area (Å²) in [5, 5.41) is 10.4. The lowest BCUT2D eigenvalue weighted by Gasteiger charge is -2.04. The van der Waals surface area contributed by atoms with Crippen molar-refractivity contribution in [1.29, 1.82) is 0 Å². The quantitative estimate of drug-likeness (QED) is 0.442. The van der Waals surface area contributed by atoms with Crippen molar-refractivity contribution in [3.63, 3.8) is 0 Å². The molecule has 8 heteroatoms. The Morgan fingerprint density at radius 2 is 1.83 bits per heavy atom. The smallest absolute Gasteiger partial charge is 0.251 e. The van der Waals surface area contributed by atoms with E-state index in [1.54, 1.807) is 43.7 Å². The Bertz CT molecular complexity index is 949. The Kier molecular flexibility index (Phi) is 6.83. The number of amides is 1. The highest BCUT2D eigenvalue weighted by Crippen LogP contribution is 2.14. The number of carbonyl (C=O) groups is 1. The summed E-state index contributed by atoms with van der Waals surface area (Å²) in [6.45, 7) is 0.479. The number of ether oxygens (including phenoxy) is 2. The van der Waals surface area contributed by atoms with Crippen LogP contribution in [0.25, 0.3) is 0 Å². The van der Waals surface area contributed by atoms with Crippen molar-refractivity contribution in [2.75, 3.05) is 14.2 Å². The van der Waals surface area contributed by atoms with E-state index in [4.69, 9.17) is 14.0 Å². The number of oxime groups is 1. The maximum atomic E-state index is 12.2. The third-order valence-electron chi connectivity index (χ3n) is 3.96. The summed E-state index contributed by atoms with van der Waals surface area (Å²) in [4.78, 5) is 16.8. The second-order valence-electron chi connectivity index (χ2n) is 5.97. The lowest BCUT2D eigenvalue weighted by molar-refractivity contribution is 0.0947. The molecule has 1 aromatic heterocycles. The molecular formula is C21H21N3O5. The standard InChI is InChI=1S/C21H21N3O5/c1-26-18-9-5-16(6-10-18)21(25)22-13-20-11-17(24-29-20)14-28-19-7-3-15(4-8-19)12-23-27-2/h3-12H,13-14H2,1-2H3,(H,22,25). The Morgan fingerprint density at radius 1 is 1.10 bits per heavy atom. The number of nitrogens with one attached hydrogen (secondary N) is 1. The van der Waals surface area contributed by atoms with Crippen molar-refractivity contribution in [2.24, 2.45) is 5.16 Å². The summed E-state index contributed by atoms with van der Waals surface area (Å²) in [6.07, 6.45) is 1.61. The number of hydrogen-bond donors (Lipinski definition) is 1. The maximum absolute atomic E-state index is 12.2. The first kappa shape index (κ1) is 19.9. The molecule has 29 heavy (non-hydrogen) atoms. The van der Waals surface area contributed by atoms with Gasteiger partial charge in [-0.25, -0.2) is 0 Å². The monoisotopic (exact) mass is 395 g/mol. The zero-order valence-electron chi connectivity index (χ0n) is 16.1. The number of aromatic nitrogens is 1. The van der Waals surface area contributed by atoms with Crippen molar-refractivity contribution < 1.29 is 23.6 Å². The number of carbonyl (C=O) groups excluding carboxylic acids is 1. The second-order valence-corrected chi connectivity index (χ2v) is 5.97. The number of rotatable bonds is 9. The van der Waals surface area contributed by atoms with Gasteiger partial charge in [0.1, 0.15) is 30.9 Å². The highest BCUT2D eigenvalue weighted by atomic mass is 16.6. The van der Waals surface area contributed by atoms with Crippen molar-refractivity contribution in [3.05, 3.63) is 77.2 Å². The molecule has 0 saturated carbocycles. The Morgan fingerprint density at radius 3 is 2.52 bits per heavy atom. The molecule has 1 amide bonds. The van der Waals surface area contributed by atoms with Crippen molar-refractivity contribution in [1.82, 2.24) is 10.5 Å². The molecule has 0 atom stereocenters. The lowest BCUT2D eigenvalue weighted by atomic mass is 10.2. The average Bonchev–Trinajstić information content (AvgIpc) is 3.23. The van der Waals surface area contributed by atoms with E-state index in [-0.39, 0.29) is 19.1 Å². The van der Waals surface area contributed by atoms with Crippen molar-refractivity contribution in [2.45, 2.75) is 13.2 Å². The topological polar surface area (TPSA) is 95.2 Å². The highest BCUT2D eigenvalue weighted by Gasteiger charge is 2.09. The van der Waals surface area contributed by atoms with Crippen LogP contribution in [0.1, 0.15) is 27.4 Å². The van der Waals surface area contributed by atoms with Gasteiger partial charge in [-0.1, -0.05) is 10.3 Å². The SMILES string of the molecule is CON=Cc1ccc(OCc2cc(CNC(=O)c3ccc(OC)cc3)on2)cc1. The number of benzene rings is 2. The van der Waals surface area contributed by atoms with Crippen LogP contribution in [0.2, 0.25) is 0 Å². The fourth-order valence-electron chi connectivity index (χ4n) is 2.44. The zero-order chi connectivity index (χ0) is 20.5. The fourth-order valence-corrected chi connectivity index (χ4v) is 2.44. The first-order valence-electron chi connectivity index (χ1n) is 8.84. The first-order chi connectivity index (χ1) is 14.2. The van der Waals surface area contributed by atoms with E-state index < -0.39 is 0 Å². The third-order valence-corrected chi connectivity index (χ3v) is 3.96. The van der Waals surface area contributed by atoms with Crippen LogP contribution < -0.4 is 14.8 Å². The van der Waals surface area contributed by atoms with Crippen LogP contribution in [0.4, 0.5) is 0 Å². The van der Waals surface area contributed by atoms with Crippen LogP contribution in [0.15, 0.2) is 64.3 Å². The predicted molar refractivity (Wildman–Crippen MR) is 106 cm³/mol. The average molecular weight is 395 g/mol. The van der Waals surface area contributed by atoms with Crippen LogP contribution in [-0.2, 0) is 18.0 Å². The molecule has 0 aliphatic rings. The molecule has 0 aliphatic carbocycles. The summed E-state index contributed by atoms with van der Waals surface area (Å²) in [6, 6.07) is 16.0. The summed E-state index contributed by atoms with van der Waals surface area (Å²) in [5.41, 5.74) is 2.06. The van der Waals surface area contributed by atoms with E-state index in [0.29, 0.717) is 28.5 Å². The van der Waals surface area contributed by atoms with Crippen LogP contribution in [0.3, 0.4) is 0 Å². The van der Waals surface area contributed by atoms with Gasteiger partial charge in [-0.3, -0.25) is 4.79 Å². The van der Waals surface area contributed by atoms with Crippen LogP contribution in [0.5, 0.6) is 11.5 Å². The normalized spacial score (nSPS) is 10.7. The van der Waals surface area contributed by atoms with Gasteiger partial charge in [-0.15, -0.1) is 0 Å². The molecule has 0 unspecified atom stereocenters. The van der Waals surface area contributed by atoms with Gasteiger partial charge < -0.3 is 24.2 Å². The Hall–Kier alpha value is -3.81. The van der Waals surface area contributed by atoms with E-state index in [2.05, 4.69) is 20.5 Å². The maximum Gasteiger partial charge on any atom is 0.251 e. The number of methoxy groups -OCH3 is 1. The molecule has 0 aliphatic heterocycles. The number of hydrogen-bond acceptors (Lipinski definition) is 7. The van der Waals surface area contributed by atoms with Gasteiger partial charge in [0.15, 0.2) is 5.76 Å². The lowest BCUT2D eigenvalue weighted by Crippen LogP contribution is -2.22. The molecule has 0 fully saturated rings. The van der Waals surface area contributed by atoms with Crippen LogP contribution in [0, 0.1) is 0 Å². The molecule has 0 radical (unpaired) electrons. The minimum absolute atomic E-state index is 0.209. The van der Waals surface area contributed by atoms with Gasteiger partial charge >= 0.3 is 0 Å². The zero-order valence-corrected chi connectivity index (χ0v) is 16.1. The van der Waals surface area contributed by atoms with Gasteiger partial charge in [0.05, 0.1) is 19.9 Å². The van der Waals surface area contributed by atoms with Crippen molar-refractivity contribution in [3.8, 4) is 11.5 Å². The minimum Gasteiger partial charge on any atom is -0.497 e. The molecule has 0 spiro atoms. The van der Waals surface area contributed by atoms with E-state index in [1.165, 1.54) is 7.11 Å². The molecule has 8 nitrogen and oxygen atoms in total. The molecule has 1 N–H and O–H groups in total. The van der Waals surface area contributed by atoms with Crippen LogP contribution in [-0.4, -0.2) is 31.5 Å². The molecule has 0 bridgehead atoms. The van der Waals surface area contributed by atoms with Crippen LogP contribution >= 0.6 is 0 Å². The van der Waals surface area contributed by atoms with E-state index in [0.717, 1.165) is 5.56 Å². The van der Waals surface area contributed by atoms with E-state index in [9.17, 15) is 4.79 Å². The molecule has 0 saturated heterocycles. The minimum atomic E-state index is -0.209. The van der Waals surface area contributed by atoms with E-state index in [1.807, 2.05) is 24.3 Å². The molecule has 1 heterocycles. The second kappa shape index (κ2) is 9.93. The highest BCUT2D eigenvalue weighted by molar-refractivity contribution is 5.94. The van der Waals surface area contributed by atoms with E-state index >= 15 is 0 Å². The molecule has 3 rings (SSSR count). The first-order valence-corrected chi connectivity index (χ1v) is 8.84. The summed E-state index contributed by atoms with van der Waals surface area (Å²) in [7, 11) is 3.07. The molecular weight excluding hydrogens is 374 g/mol. The summed E-state index contributed by atoms with van der Waals surface area (Å²) < 4.78 is 16.0. The summed E-state index contributed by atoms with van der Waals surface area (Å²) in [5.74, 6) is 1.71. The fraction of sp³-hybridized carbons (Fsp3) is 0.190.